The summed E-state index contributed by atoms with van der Waals surface area (Å²) in [5, 5.41) is 7.08. The average molecular weight is 408 g/mol. The minimum Gasteiger partial charge on any atom is -0.444 e. The third kappa shape index (κ3) is 6.00. The maximum atomic E-state index is 12.6. The lowest BCUT2D eigenvalue weighted by molar-refractivity contribution is 0.00545. The van der Waals surface area contributed by atoms with Gasteiger partial charge in [-0.3, -0.25) is 4.99 Å². The lowest BCUT2D eigenvalue weighted by Gasteiger charge is -2.40. The lowest BCUT2D eigenvalue weighted by Crippen LogP contribution is -2.55. The standard InChI is InChI=1S/C22H41N5O2/c1-22(2,3)29-21(28)27-18-10-11-19(27)15-16(14-18)25-20(23-4)24-12-13-26(5)17-8-6-7-9-17/h16-19H,6-15H2,1-5H3,(H2,23,24,25). The number of rotatable bonds is 5. The lowest BCUT2D eigenvalue weighted by atomic mass is 9.98. The minimum absolute atomic E-state index is 0.152. The highest BCUT2D eigenvalue weighted by atomic mass is 16.6. The van der Waals surface area contributed by atoms with Crippen LogP contribution in [-0.4, -0.2) is 78.8 Å². The predicted octanol–water partition coefficient (Wildman–Crippen LogP) is 2.96. The van der Waals surface area contributed by atoms with Gasteiger partial charge >= 0.3 is 6.09 Å². The van der Waals surface area contributed by atoms with Gasteiger partial charge in [0.1, 0.15) is 5.60 Å². The highest BCUT2D eigenvalue weighted by Crippen LogP contribution is 2.36. The minimum atomic E-state index is -0.441. The molecule has 2 N–H and O–H groups in total. The van der Waals surface area contributed by atoms with Crippen LogP contribution in [0.2, 0.25) is 0 Å². The Kier molecular flexibility index (Phi) is 7.30. The van der Waals surface area contributed by atoms with E-state index in [4.69, 9.17) is 4.74 Å². The molecule has 166 valence electrons. The Balaban J connectivity index is 1.44. The number of ether oxygens (including phenoxy) is 1. The molecule has 1 saturated carbocycles. The van der Waals surface area contributed by atoms with E-state index in [0.717, 1.165) is 50.8 Å². The monoisotopic (exact) mass is 407 g/mol. The van der Waals surface area contributed by atoms with Crippen molar-refractivity contribution in [1.82, 2.24) is 20.4 Å². The number of hydrogen-bond acceptors (Lipinski definition) is 4. The van der Waals surface area contributed by atoms with Crippen molar-refractivity contribution >= 4 is 12.1 Å². The quantitative estimate of drug-likeness (QED) is 0.542. The summed E-state index contributed by atoms with van der Waals surface area (Å²) in [6, 6.07) is 1.64. The second-order valence-corrected chi connectivity index (χ2v) is 10.0. The van der Waals surface area contributed by atoms with Crippen LogP contribution in [-0.2, 0) is 4.74 Å². The van der Waals surface area contributed by atoms with E-state index >= 15 is 0 Å². The summed E-state index contributed by atoms with van der Waals surface area (Å²) in [7, 11) is 4.07. The van der Waals surface area contributed by atoms with E-state index in [9.17, 15) is 4.79 Å². The Morgan fingerprint density at radius 3 is 2.31 bits per heavy atom. The van der Waals surface area contributed by atoms with E-state index < -0.39 is 5.60 Å². The molecule has 2 aliphatic heterocycles. The summed E-state index contributed by atoms with van der Waals surface area (Å²) in [4.78, 5) is 21.5. The summed E-state index contributed by atoms with van der Waals surface area (Å²) in [6.45, 7) is 7.73. The average Bonchev–Trinajstić information content (AvgIpc) is 3.26. The van der Waals surface area contributed by atoms with Crippen LogP contribution >= 0.6 is 0 Å². The summed E-state index contributed by atoms with van der Waals surface area (Å²) >= 11 is 0. The third-order valence-electron chi connectivity index (χ3n) is 6.61. The number of likely N-dealkylation sites (N-methyl/N-ethyl adjacent to an activating group) is 1. The highest BCUT2D eigenvalue weighted by molar-refractivity contribution is 5.80. The normalized spacial score (nSPS) is 28.1. The van der Waals surface area contributed by atoms with Gasteiger partial charge in [-0.2, -0.15) is 0 Å². The van der Waals surface area contributed by atoms with Gasteiger partial charge in [0.15, 0.2) is 5.96 Å². The van der Waals surface area contributed by atoms with Crippen molar-refractivity contribution in [2.75, 3.05) is 27.2 Å². The molecule has 7 nitrogen and oxygen atoms in total. The second kappa shape index (κ2) is 9.54. The Morgan fingerprint density at radius 1 is 1.14 bits per heavy atom. The van der Waals surface area contributed by atoms with Crippen molar-refractivity contribution < 1.29 is 9.53 Å². The molecule has 29 heavy (non-hydrogen) atoms. The van der Waals surface area contributed by atoms with Crippen molar-refractivity contribution in [3.05, 3.63) is 0 Å². The molecule has 0 aromatic heterocycles. The maximum absolute atomic E-state index is 12.6. The SMILES string of the molecule is CN=C(NCCN(C)C1CCCC1)NC1CC2CCC(C1)N2C(=O)OC(C)(C)C. The van der Waals surface area contributed by atoms with Crippen LogP contribution in [0.25, 0.3) is 0 Å². The number of aliphatic imine (C=N–C) groups is 1. The number of fused-ring (bicyclic) bond motifs is 2. The summed E-state index contributed by atoms with van der Waals surface area (Å²) in [5.41, 5.74) is -0.441. The zero-order chi connectivity index (χ0) is 21.0. The number of nitrogens with zero attached hydrogens (tertiary/aromatic N) is 3. The van der Waals surface area contributed by atoms with Crippen LogP contribution < -0.4 is 10.6 Å². The fourth-order valence-corrected chi connectivity index (χ4v) is 5.17. The molecule has 0 aromatic rings. The smallest absolute Gasteiger partial charge is 0.410 e. The van der Waals surface area contributed by atoms with E-state index in [0.29, 0.717) is 6.04 Å². The van der Waals surface area contributed by atoms with Gasteiger partial charge in [-0.1, -0.05) is 12.8 Å². The highest BCUT2D eigenvalue weighted by Gasteiger charge is 2.45. The Hall–Kier alpha value is -1.50. The molecule has 2 saturated heterocycles. The number of guanidine groups is 1. The molecule has 0 spiro atoms. The van der Waals surface area contributed by atoms with Gasteiger partial charge in [0.05, 0.1) is 0 Å². The number of carbonyl (C=O) groups excluding carboxylic acids is 1. The summed E-state index contributed by atoms with van der Waals surface area (Å²) < 4.78 is 5.64. The fraction of sp³-hybridized carbons (Fsp3) is 0.909. The molecule has 3 fully saturated rings. The fourth-order valence-electron chi connectivity index (χ4n) is 5.17. The number of nitrogens with one attached hydrogen (secondary N) is 2. The number of piperidine rings is 1. The topological polar surface area (TPSA) is 69.2 Å². The molecule has 2 bridgehead atoms. The van der Waals surface area contributed by atoms with Crippen LogP contribution in [0.1, 0.15) is 72.1 Å². The maximum Gasteiger partial charge on any atom is 0.410 e. The zero-order valence-corrected chi connectivity index (χ0v) is 19.0. The molecule has 7 heteroatoms. The van der Waals surface area contributed by atoms with Gasteiger partial charge in [-0.05, 0) is 66.3 Å². The Morgan fingerprint density at radius 2 is 1.76 bits per heavy atom. The zero-order valence-electron chi connectivity index (χ0n) is 19.0. The van der Waals surface area contributed by atoms with E-state index in [1.165, 1.54) is 25.7 Å². The molecule has 0 radical (unpaired) electrons. The summed E-state index contributed by atoms with van der Waals surface area (Å²) in [6.07, 6.45) is 9.31. The van der Waals surface area contributed by atoms with Crippen LogP contribution in [0.4, 0.5) is 4.79 Å². The van der Waals surface area contributed by atoms with Gasteiger partial charge < -0.3 is 25.2 Å². The van der Waals surface area contributed by atoms with E-state index in [-0.39, 0.29) is 18.2 Å². The second-order valence-electron chi connectivity index (χ2n) is 10.0. The van der Waals surface area contributed by atoms with Crippen LogP contribution in [0.5, 0.6) is 0 Å². The molecular weight excluding hydrogens is 366 g/mol. The predicted molar refractivity (Wildman–Crippen MR) is 117 cm³/mol. The van der Waals surface area contributed by atoms with Crippen molar-refractivity contribution in [3.63, 3.8) is 0 Å². The molecular formula is C22H41N5O2. The summed E-state index contributed by atoms with van der Waals surface area (Å²) in [5.74, 6) is 0.875. The first kappa shape index (κ1) is 22.2. The molecule has 3 rings (SSSR count). The molecule has 2 atom stereocenters. The Bertz CT molecular complexity index is 568. The van der Waals surface area contributed by atoms with Crippen LogP contribution in [0, 0.1) is 0 Å². The van der Waals surface area contributed by atoms with Gasteiger partial charge in [0.25, 0.3) is 0 Å². The molecule has 0 aromatic carbocycles. The van der Waals surface area contributed by atoms with Crippen molar-refractivity contribution in [2.24, 2.45) is 4.99 Å². The first-order valence-corrected chi connectivity index (χ1v) is 11.5. The first-order valence-electron chi connectivity index (χ1n) is 11.5. The van der Waals surface area contributed by atoms with Crippen LogP contribution in [0.15, 0.2) is 4.99 Å². The molecule has 1 amide bonds. The van der Waals surface area contributed by atoms with E-state index in [2.05, 4.69) is 27.6 Å². The number of hydrogen-bond donors (Lipinski definition) is 2. The molecule has 2 heterocycles. The van der Waals surface area contributed by atoms with E-state index in [1.807, 2.05) is 32.7 Å². The van der Waals surface area contributed by atoms with Crippen molar-refractivity contribution in [3.8, 4) is 0 Å². The Labute approximate surface area is 176 Å². The molecule has 3 aliphatic rings. The van der Waals surface area contributed by atoms with Gasteiger partial charge in [-0.25, -0.2) is 4.79 Å². The number of amides is 1. The number of carbonyl (C=O) groups is 1. The van der Waals surface area contributed by atoms with Crippen molar-refractivity contribution in [1.29, 1.82) is 0 Å². The molecule has 2 unspecified atom stereocenters. The largest absolute Gasteiger partial charge is 0.444 e. The van der Waals surface area contributed by atoms with Gasteiger partial charge in [0.2, 0.25) is 0 Å². The van der Waals surface area contributed by atoms with Crippen LogP contribution in [0.3, 0.4) is 0 Å². The van der Waals surface area contributed by atoms with Gasteiger partial charge in [0, 0.05) is 44.3 Å². The van der Waals surface area contributed by atoms with Gasteiger partial charge in [-0.15, -0.1) is 0 Å². The van der Waals surface area contributed by atoms with E-state index in [1.54, 1.807) is 0 Å². The first-order chi connectivity index (χ1) is 13.8. The van der Waals surface area contributed by atoms with Crippen molar-refractivity contribution in [2.45, 2.75) is 102 Å². The third-order valence-corrected chi connectivity index (χ3v) is 6.61. The molecule has 1 aliphatic carbocycles.